The zero-order valence-electron chi connectivity index (χ0n) is 65.3. The summed E-state index contributed by atoms with van der Waals surface area (Å²) < 4.78 is 17.0. The molecule has 0 spiro atoms. The van der Waals surface area contributed by atoms with Gasteiger partial charge in [0, 0.05) is 194 Å². The van der Waals surface area contributed by atoms with Crippen LogP contribution in [0.3, 0.4) is 0 Å². The Kier molecular flexibility index (Phi) is 29.8. The fourth-order valence-electron chi connectivity index (χ4n) is 11.4. The van der Waals surface area contributed by atoms with Crippen LogP contribution in [0.15, 0.2) is 332 Å². The van der Waals surface area contributed by atoms with Gasteiger partial charge in [-0.25, -0.2) is 74.8 Å². The van der Waals surface area contributed by atoms with Gasteiger partial charge in [-0.2, -0.15) is 0 Å². The Labute approximate surface area is 746 Å². The average Bonchev–Trinajstić information content (AvgIpc) is 1.41. The Morgan fingerprint density at radius 1 is 0.331 bits per heavy atom. The number of methoxy groups -OCH3 is 1. The van der Waals surface area contributed by atoms with Crippen molar-refractivity contribution in [2.45, 2.75) is 19.8 Å². The van der Waals surface area contributed by atoms with Crippen molar-refractivity contribution in [1.82, 2.24) is 89.7 Å². The smallest absolute Gasteiger partial charge is 0.230 e. The lowest BCUT2D eigenvalue weighted by Gasteiger charge is -2.23. The van der Waals surface area contributed by atoms with E-state index in [-0.39, 0.29) is 0 Å². The molecule has 0 aliphatic rings. The first kappa shape index (κ1) is 84.6. The van der Waals surface area contributed by atoms with Crippen LogP contribution in [0.5, 0.6) is 17.2 Å². The Balaban J connectivity index is 0.000000122. The van der Waals surface area contributed by atoms with Gasteiger partial charge in [0.1, 0.15) is 84.0 Å². The summed E-state index contributed by atoms with van der Waals surface area (Å²) in [5.74, 6) is 4.95. The number of benzene rings is 6. The summed E-state index contributed by atoms with van der Waals surface area (Å²) in [6.45, 7) is 1.46. The second-order valence-electron chi connectivity index (χ2n) is 25.7. The third-order valence-corrected chi connectivity index (χ3v) is 22.1. The number of nitrogens with one attached hydrogen (secondary N) is 4. The number of hydrogen-bond donors (Lipinski definition) is 4. The molecule has 13 aromatic heterocycles. The fourth-order valence-corrected chi connectivity index (χ4v) is 15.1. The van der Waals surface area contributed by atoms with Gasteiger partial charge in [-0.3, -0.25) is 15.0 Å². The Morgan fingerprint density at radius 3 is 1.15 bits per heavy atom. The van der Waals surface area contributed by atoms with Crippen molar-refractivity contribution in [3.63, 3.8) is 0 Å². The Hall–Kier alpha value is -14.4. The lowest BCUT2D eigenvalue weighted by atomic mass is 10.1. The lowest BCUT2D eigenvalue weighted by molar-refractivity contribution is 0.306. The molecule has 0 amide bonds. The first-order valence-electron chi connectivity index (χ1n) is 37.7. The van der Waals surface area contributed by atoms with E-state index in [0.717, 1.165) is 127 Å². The predicted molar refractivity (Wildman–Crippen MR) is 495 cm³/mol. The van der Waals surface area contributed by atoms with Gasteiger partial charge in [-0.05, 0) is 132 Å². The third kappa shape index (κ3) is 24.7. The molecule has 0 aliphatic carbocycles. The van der Waals surface area contributed by atoms with E-state index >= 15 is 0 Å². The molecule has 19 rings (SSSR count). The van der Waals surface area contributed by atoms with Crippen molar-refractivity contribution in [2.24, 2.45) is 0 Å². The standard InChI is InChI=1S/C25H20N6OS.C19H12Cl2N4S.C19H15N5OS.C14H12N4OS.C13H9ClN4S/c1-6-21(14-22(7-1)32-18-20-5-3-10-27-16-20)31(17-19-4-2-9-26-15-19)25-29-11-8-23(30-25)24-28-12-13-33-24;20-15-6-2-5-14(17(15)21)12-3-1-4-13(11-12)24-19-23-8-7-16(25-19)18-22-9-10-26-18;1-4-15(11-16(5-1)25-13-14-3-2-7-20-12-14)23-19-22-8-6-17(24-19)18-21-9-10-26-18;1-19-11-4-2-3-10(9-11)17-14-16-6-5-12(18-14)13-15-7-8-20-13;14-9-2-1-3-10(8-9)17-13-16-5-4-11(18-13)12-15-6-7-19-12/h1-16H,17-18H2;1-11H,(H,23,24,25);1-12H,13H2,(H,22,23,24);2-9H,1H3,(H,16,17,18);1-8H,(H,16,17,18). The topological polar surface area (TPSA) is 311 Å². The zero-order chi connectivity index (χ0) is 84.7. The van der Waals surface area contributed by atoms with Gasteiger partial charge >= 0.3 is 0 Å². The van der Waals surface area contributed by atoms with E-state index in [1.165, 1.54) is 11.3 Å². The van der Waals surface area contributed by atoms with E-state index in [2.05, 4.69) is 106 Å². The molecule has 0 unspecified atom stereocenters. The van der Waals surface area contributed by atoms with Gasteiger partial charge in [-0.1, -0.05) is 102 Å². The number of ether oxygens (including phenoxy) is 3. The molecule has 124 heavy (non-hydrogen) atoms. The van der Waals surface area contributed by atoms with Crippen LogP contribution in [-0.4, -0.2) is 96.8 Å². The number of aromatic nitrogens is 18. The minimum absolute atomic E-state index is 0.440. The number of pyridine rings is 3. The van der Waals surface area contributed by atoms with Gasteiger partial charge in [0.25, 0.3) is 0 Å². The molecule has 0 fully saturated rings. The summed E-state index contributed by atoms with van der Waals surface area (Å²) >= 11 is 26.1. The second-order valence-corrected chi connectivity index (χ2v) is 31.4. The number of nitrogens with zero attached hydrogens (tertiary/aromatic N) is 19. The van der Waals surface area contributed by atoms with E-state index < -0.39 is 0 Å². The van der Waals surface area contributed by atoms with Crippen molar-refractivity contribution >= 4 is 150 Å². The molecule has 13 heterocycles. The van der Waals surface area contributed by atoms with E-state index in [1.54, 1.807) is 151 Å². The van der Waals surface area contributed by atoms with Gasteiger partial charge in [0.15, 0.2) is 0 Å². The highest BCUT2D eigenvalue weighted by molar-refractivity contribution is 7.14. The largest absolute Gasteiger partial charge is 0.497 e. The van der Waals surface area contributed by atoms with Crippen molar-refractivity contribution in [3.05, 3.63) is 364 Å². The van der Waals surface area contributed by atoms with E-state index in [9.17, 15) is 0 Å². The molecular formula is C90H68Cl3N23O3S5. The van der Waals surface area contributed by atoms with Crippen LogP contribution in [0.25, 0.3) is 64.6 Å². The highest BCUT2D eigenvalue weighted by Crippen LogP contribution is 2.37. The summed E-state index contributed by atoms with van der Waals surface area (Å²) in [5.41, 5.74) is 13.2. The minimum Gasteiger partial charge on any atom is -0.497 e. The molecule has 0 atom stereocenters. The molecule has 0 aliphatic heterocycles. The summed E-state index contributed by atoms with van der Waals surface area (Å²) in [7, 11) is 1.64. The average molecular weight is 1790 g/mol. The van der Waals surface area contributed by atoms with Gasteiger partial charge in [-0.15, -0.1) is 56.7 Å². The Bertz CT molecular complexity index is 6520. The first-order chi connectivity index (χ1) is 61.1. The summed E-state index contributed by atoms with van der Waals surface area (Å²) in [4.78, 5) is 80.2. The predicted octanol–water partition coefficient (Wildman–Crippen LogP) is 23.3. The molecule has 0 bridgehead atoms. The number of rotatable bonds is 25. The van der Waals surface area contributed by atoms with Crippen LogP contribution in [-0.2, 0) is 19.8 Å². The van der Waals surface area contributed by atoms with Gasteiger partial charge in [0.05, 0.1) is 23.7 Å². The molecule has 612 valence electrons. The molecule has 26 nitrogen and oxygen atoms in total. The molecule has 0 saturated heterocycles. The van der Waals surface area contributed by atoms with Crippen molar-refractivity contribution in [2.75, 3.05) is 33.3 Å². The Morgan fingerprint density at radius 2 is 0.718 bits per heavy atom. The van der Waals surface area contributed by atoms with E-state index in [4.69, 9.17) is 54.0 Å². The third-order valence-electron chi connectivity index (χ3n) is 17.1. The van der Waals surface area contributed by atoms with Crippen molar-refractivity contribution in [3.8, 4) is 81.9 Å². The molecular weight excluding hydrogens is 1720 g/mol. The highest BCUT2D eigenvalue weighted by atomic mass is 35.5. The van der Waals surface area contributed by atoms with E-state index in [1.807, 2.05) is 238 Å². The summed E-state index contributed by atoms with van der Waals surface area (Å²) in [5, 5.41) is 28.4. The van der Waals surface area contributed by atoms with Crippen LogP contribution in [0.4, 0.5) is 58.2 Å². The molecule has 0 radical (unpaired) electrons. The molecule has 4 N–H and O–H groups in total. The monoisotopic (exact) mass is 1780 g/mol. The second kappa shape index (κ2) is 43.7. The maximum absolute atomic E-state index is 6.34. The highest BCUT2D eigenvalue weighted by Gasteiger charge is 2.18. The van der Waals surface area contributed by atoms with Gasteiger partial charge in [0.2, 0.25) is 29.7 Å². The zero-order valence-corrected chi connectivity index (χ0v) is 71.6. The number of anilines is 10. The molecule has 6 aromatic carbocycles. The maximum Gasteiger partial charge on any atom is 0.230 e. The minimum atomic E-state index is 0.440. The SMILES string of the molecule is COc1cccc(Nc2nccc(-c3nccs3)n2)c1.Clc1cccc(-c2cccc(Nc3nccc(-c4nccs4)n3)c2)c1Cl.Clc1cccc(Nc2nccc(-c3nccs3)n2)c1.c1cncc(COc2cccc(N(Cc3cccnc3)c3nccc(-c4nccs4)n3)c2)c1.c1cncc(COc2cccc(Nc3nccc(-c4nccs4)n3)c2)c1. The molecule has 34 heteroatoms. The van der Waals surface area contributed by atoms with Gasteiger partial charge < -0.3 is 40.4 Å². The lowest BCUT2D eigenvalue weighted by Crippen LogP contribution is -2.19. The maximum atomic E-state index is 6.34. The fraction of sp³-hybridized carbons (Fsp3) is 0.0444. The summed E-state index contributed by atoms with van der Waals surface area (Å²) in [6.07, 6.45) is 28.1. The molecule has 0 saturated carbocycles. The number of thiazole rings is 5. The summed E-state index contributed by atoms with van der Waals surface area (Å²) in [6, 6.07) is 65.0. The van der Waals surface area contributed by atoms with Crippen LogP contribution in [0.1, 0.15) is 16.7 Å². The normalized spacial score (nSPS) is 10.5. The van der Waals surface area contributed by atoms with Crippen molar-refractivity contribution < 1.29 is 14.2 Å². The van der Waals surface area contributed by atoms with Crippen LogP contribution in [0, 0.1) is 0 Å². The van der Waals surface area contributed by atoms with Crippen LogP contribution in [0.2, 0.25) is 15.1 Å². The number of halogens is 3. The van der Waals surface area contributed by atoms with Crippen molar-refractivity contribution in [1.29, 1.82) is 0 Å². The van der Waals surface area contributed by atoms with Crippen LogP contribution >= 0.6 is 91.5 Å². The first-order valence-corrected chi connectivity index (χ1v) is 43.2. The van der Waals surface area contributed by atoms with Crippen LogP contribution < -0.4 is 40.4 Å². The van der Waals surface area contributed by atoms with E-state index in [0.29, 0.717) is 64.6 Å². The quantitative estimate of drug-likeness (QED) is 0.0413. The number of hydrogen-bond acceptors (Lipinski definition) is 31. The molecule has 19 aromatic rings.